The summed E-state index contributed by atoms with van der Waals surface area (Å²) in [5, 5.41) is 4.77. The normalized spacial score (nSPS) is 12.7. The molecule has 1 unspecified atom stereocenters. The maximum atomic E-state index is 6.02. The summed E-state index contributed by atoms with van der Waals surface area (Å²) in [7, 11) is 0. The molecule has 2 heteroatoms. The van der Waals surface area contributed by atoms with Gasteiger partial charge in [0.2, 0.25) is 0 Å². The second-order valence-corrected chi connectivity index (χ2v) is 5.62. The fraction of sp³-hybridized carbons (Fsp3) is 0.263. The van der Waals surface area contributed by atoms with Gasteiger partial charge >= 0.3 is 0 Å². The highest BCUT2D eigenvalue weighted by atomic mass is 16.3. The van der Waals surface area contributed by atoms with Crippen LogP contribution in [-0.2, 0) is 6.54 Å². The molecule has 3 aromatic rings. The average Bonchev–Trinajstić information content (AvgIpc) is 2.84. The Morgan fingerprint density at radius 3 is 2.48 bits per heavy atom. The van der Waals surface area contributed by atoms with Gasteiger partial charge in [0.25, 0.3) is 0 Å². The van der Waals surface area contributed by atoms with Gasteiger partial charge in [-0.1, -0.05) is 42.5 Å². The number of hydrogen-bond acceptors (Lipinski definition) is 2. The van der Waals surface area contributed by atoms with E-state index in [0.29, 0.717) is 0 Å². The van der Waals surface area contributed by atoms with Gasteiger partial charge in [0.15, 0.2) is 0 Å². The summed E-state index contributed by atoms with van der Waals surface area (Å²) in [6.45, 7) is 7.29. The molecule has 2 aromatic carbocycles. The second kappa shape index (κ2) is 5.74. The van der Waals surface area contributed by atoms with Crippen LogP contribution in [0.4, 0.5) is 0 Å². The Morgan fingerprint density at radius 1 is 1.00 bits per heavy atom. The van der Waals surface area contributed by atoms with Crippen molar-refractivity contribution >= 4 is 11.0 Å². The van der Waals surface area contributed by atoms with Crippen LogP contribution >= 0.6 is 0 Å². The highest BCUT2D eigenvalue weighted by molar-refractivity contribution is 5.82. The molecule has 0 bridgehead atoms. The van der Waals surface area contributed by atoms with E-state index in [0.717, 1.165) is 17.9 Å². The molecule has 21 heavy (non-hydrogen) atoms. The summed E-state index contributed by atoms with van der Waals surface area (Å²) >= 11 is 0. The molecule has 0 aliphatic rings. The Morgan fingerprint density at radius 2 is 1.71 bits per heavy atom. The summed E-state index contributed by atoms with van der Waals surface area (Å²) in [5.41, 5.74) is 4.85. The zero-order chi connectivity index (χ0) is 14.8. The maximum absolute atomic E-state index is 6.02. The van der Waals surface area contributed by atoms with E-state index in [1.807, 2.05) is 12.1 Å². The maximum Gasteiger partial charge on any atom is 0.134 e. The Balaban J connectivity index is 1.80. The quantitative estimate of drug-likeness (QED) is 0.734. The highest BCUT2D eigenvalue weighted by Gasteiger charge is 2.16. The van der Waals surface area contributed by atoms with E-state index in [1.54, 1.807) is 0 Å². The molecule has 0 saturated carbocycles. The second-order valence-electron chi connectivity index (χ2n) is 5.62. The molecular weight excluding hydrogens is 258 g/mol. The molecule has 0 radical (unpaired) electrons. The van der Waals surface area contributed by atoms with Gasteiger partial charge in [-0.05, 0) is 43.5 Å². The number of para-hydroxylation sites is 1. The largest absolute Gasteiger partial charge is 0.459 e. The lowest BCUT2D eigenvalue weighted by atomic mass is 10.1. The number of aryl methyl sites for hydroxylation is 2. The van der Waals surface area contributed by atoms with Crippen LogP contribution in [0.1, 0.15) is 35.4 Å². The first-order chi connectivity index (χ1) is 10.2. The van der Waals surface area contributed by atoms with Gasteiger partial charge in [0.1, 0.15) is 11.3 Å². The zero-order valence-electron chi connectivity index (χ0n) is 12.8. The minimum absolute atomic E-state index is 0.192. The summed E-state index contributed by atoms with van der Waals surface area (Å²) in [6.07, 6.45) is 0. The third-order valence-electron chi connectivity index (χ3n) is 4.13. The lowest BCUT2D eigenvalue weighted by molar-refractivity contribution is 0.447. The van der Waals surface area contributed by atoms with E-state index >= 15 is 0 Å². The lowest BCUT2D eigenvalue weighted by Crippen LogP contribution is -2.18. The minimum Gasteiger partial charge on any atom is -0.459 e. The van der Waals surface area contributed by atoms with E-state index in [9.17, 15) is 0 Å². The molecule has 108 valence electrons. The standard InChI is InChI=1S/C19H21NO/c1-13-8-4-5-9-16(13)12-20-15(3)19-14(2)17-10-6-7-11-18(17)21-19/h4-11,15,20H,12H2,1-3H3. The molecule has 1 N–H and O–H groups in total. The summed E-state index contributed by atoms with van der Waals surface area (Å²) in [6, 6.07) is 16.9. The molecule has 1 heterocycles. The van der Waals surface area contributed by atoms with Crippen molar-refractivity contribution in [2.45, 2.75) is 33.4 Å². The number of fused-ring (bicyclic) bond motifs is 1. The molecular formula is C19H21NO. The van der Waals surface area contributed by atoms with Crippen molar-refractivity contribution in [2.24, 2.45) is 0 Å². The van der Waals surface area contributed by atoms with Crippen molar-refractivity contribution in [3.63, 3.8) is 0 Å². The number of furan rings is 1. The van der Waals surface area contributed by atoms with Crippen molar-refractivity contribution in [2.75, 3.05) is 0 Å². The number of rotatable bonds is 4. The number of nitrogens with one attached hydrogen (secondary N) is 1. The highest BCUT2D eigenvalue weighted by Crippen LogP contribution is 2.29. The van der Waals surface area contributed by atoms with E-state index in [2.05, 4.69) is 62.5 Å². The first-order valence-corrected chi connectivity index (χ1v) is 7.42. The molecule has 0 amide bonds. The van der Waals surface area contributed by atoms with Gasteiger partial charge in [-0.15, -0.1) is 0 Å². The minimum atomic E-state index is 0.192. The molecule has 1 aromatic heterocycles. The first kappa shape index (κ1) is 13.9. The SMILES string of the molecule is Cc1ccccc1CNC(C)c1oc2ccccc2c1C. The molecule has 1 atom stereocenters. The third kappa shape index (κ3) is 2.72. The smallest absolute Gasteiger partial charge is 0.134 e. The van der Waals surface area contributed by atoms with Crippen LogP contribution < -0.4 is 5.32 Å². The third-order valence-corrected chi connectivity index (χ3v) is 4.13. The first-order valence-electron chi connectivity index (χ1n) is 7.42. The van der Waals surface area contributed by atoms with Crippen molar-refractivity contribution in [3.05, 3.63) is 71.0 Å². The summed E-state index contributed by atoms with van der Waals surface area (Å²) < 4.78 is 6.02. The van der Waals surface area contributed by atoms with E-state index in [-0.39, 0.29) is 6.04 Å². The predicted octanol–water partition coefficient (Wildman–Crippen LogP) is 4.90. The Bertz CT molecular complexity index is 757. The van der Waals surface area contributed by atoms with E-state index in [4.69, 9.17) is 4.42 Å². The van der Waals surface area contributed by atoms with Gasteiger partial charge in [-0.25, -0.2) is 0 Å². The van der Waals surface area contributed by atoms with Crippen LogP contribution in [-0.4, -0.2) is 0 Å². The lowest BCUT2D eigenvalue weighted by Gasteiger charge is -2.13. The van der Waals surface area contributed by atoms with Crippen LogP contribution in [0.25, 0.3) is 11.0 Å². The molecule has 0 spiro atoms. The van der Waals surface area contributed by atoms with Crippen LogP contribution in [0.15, 0.2) is 52.9 Å². The van der Waals surface area contributed by atoms with Gasteiger partial charge < -0.3 is 9.73 Å². The van der Waals surface area contributed by atoms with Crippen molar-refractivity contribution in [3.8, 4) is 0 Å². The molecule has 0 fully saturated rings. The number of hydrogen-bond donors (Lipinski definition) is 1. The fourth-order valence-corrected chi connectivity index (χ4v) is 2.77. The summed E-state index contributed by atoms with van der Waals surface area (Å²) in [4.78, 5) is 0. The molecule has 0 saturated heterocycles. The van der Waals surface area contributed by atoms with Crippen molar-refractivity contribution in [1.29, 1.82) is 0 Å². The van der Waals surface area contributed by atoms with Gasteiger partial charge in [0, 0.05) is 11.9 Å². The van der Waals surface area contributed by atoms with Gasteiger partial charge in [-0.3, -0.25) is 0 Å². The monoisotopic (exact) mass is 279 g/mol. The van der Waals surface area contributed by atoms with Crippen LogP contribution in [0.3, 0.4) is 0 Å². The van der Waals surface area contributed by atoms with Crippen LogP contribution in [0.2, 0.25) is 0 Å². The van der Waals surface area contributed by atoms with Crippen molar-refractivity contribution < 1.29 is 4.42 Å². The van der Waals surface area contributed by atoms with Crippen molar-refractivity contribution in [1.82, 2.24) is 5.32 Å². The van der Waals surface area contributed by atoms with E-state index < -0.39 is 0 Å². The summed E-state index contributed by atoms with van der Waals surface area (Å²) in [5.74, 6) is 1.03. The fourth-order valence-electron chi connectivity index (χ4n) is 2.77. The van der Waals surface area contributed by atoms with Gasteiger partial charge in [-0.2, -0.15) is 0 Å². The Labute approximate surface area is 125 Å². The van der Waals surface area contributed by atoms with Gasteiger partial charge in [0.05, 0.1) is 6.04 Å². The molecule has 0 aliphatic heterocycles. The van der Waals surface area contributed by atoms with Crippen LogP contribution in [0, 0.1) is 13.8 Å². The molecule has 2 nitrogen and oxygen atoms in total. The Hall–Kier alpha value is -2.06. The molecule has 3 rings (SSSR count). The van der Waals surface area contributed by atoms with Crippen LogP contribution in [0.5, 0.6) is 0 Å². The zero-order valence-corrected chi connectivity index (χ0v) is 12.8. The topological polar surface area (TPSA) is 25.2 Å². The predicted molar refractivity (Wildman–Crippen MR) is 87.4 cm³/mol. The number of benzene rings is 2. The van der Waals surface area contributed by atoms with E-state index in [1.165, 1.54) is 22.1 Å². The molecule has 0 aliphatic carbocycles. The Kier molecular flexibility index (Phi) is 3.80. The average molecular weight is 279 g/mol.